The van der Waals surface area contributed by atoms with E-state index in [1.54, 1.807) is 12.1 Å². The number of rotatable bonds is 3. The van der Waals surface area contributed by atoms with E-state index in [0.29, 0.717) is 0 Å². The van der Waals surface area contributed by atoms with Crippen LogP contribution in [0.5, 0.6) is 0 Å². The van der Waals surface area contributed by atoms with Crippen molar-refractivity contribution in [1.29, 1.82) is 0 Å². The molecule has 3 N–H and O–H groups in total. The van der Waals surface area contributed by atoms with Crippen LogP contribution >= 0.6 is 0 Å². The zero-order chi connectivity index (χ0) is 14.0. The molecule has 0 fully saturated rings. The van der Waals surface area contributed by atoms with Gasteiger partial charge >= 0.3 is 23.2 Å². The van der Waals surface area contributed by atoms with Crippen LogP contribution in [-0.2, 0) is 4.74 Å². The third-order valence-electron chi connectivity index (χ3n) is 2.43. The number of aromatic nitrogens is 2. The molecule has 8 heteroatoms. The Bertz CT molecular complexity index is 700. The molecule has 0 aliphatic heterocycles. The highest BCUT2D eigenvalue weighted by molar-refractivity contribution is 5.93. The summed E-state index contributed by atoms with van der Waals surface area (Å²) in [6.07, 6.45) is 0. The third-order valence-corrected chi connectivity index (χ3v) is 2.43. The summed E-state index contributed by atoms with van der Waals surface area (Å²) in [5.74, 6) is -1.60. The van der Waals surface area contributed by atoms with Crippen molar-refractivity contribution in [2.75, 3.05) is 7.11 Å². The van der Waals surface area contributed by atoms with Crippen LogP contribution in [0.3, 0.4) is 0 Å². The molecule has 0 unspecified atom stereocenters. The summed E-state index contributed by atoms with van der Waals surface area (Å²) in [7, 11) is 1.22. The number of carbonyl (C=O) groups excluding carboxylic acids is 2. The number of aromatic amines is 1. The first-order valence-electron chi connectivity index (χ1n) is 5.17. The van der Waals surface area contributed by atoms with E-state index in [0.717, 1.165) is 4.68 Å². The Kier molecular flexibility index (Phi) is 3.15. The molecule has 2 aromatic rings. The average Bonchev–Trinajstić information content (AvgIpc) is 2.79. The fourth-order valence-electron chi connectivity index (χ4n) is 1.60. The second-order valence-corrected chi connectivity index (χ2v) is 3.54. The van der Waals surface area contributed by atoms with Gasteiger partial charge in [-0.2, -0.15) is 0 Å². The van der Waals surface area contributed by atoms with Crippen molar-refractivity contribution in [1.82, 2.24) is 5.27 Å². The predicted molar refractivity (Wildman–Crippen MR) is 60.7 cm³/mol. The monoisotopic (exact) mass is 264 g/mol. The number of benzene rings is 1. The van der Waals surface area contributed by atoms with Gasteiger partial charge in [0.25, 0.3) is 5.69 Å². The second-order valence-electron chi connectivity index (χ2n) is 3.54. The molecule has 0 bridgehead atoms. The molecular weight excluding hydrogens is 254 g/mol. The van der Waals surface area contributed by atoms with E-state index in [9.17, 15) is 14.4 Å². The minimum Gasteiger partial charge on any atom is -0.465 e. The summed E-state index contributed by atoms with van der Waals surface area (Å²) >= 11 is 0. The smallest absolute Gasteiger partial charge is 0.441 e. The molecule has 0 aliphatic carbocycles. The molecule has 1 heterocycles. The van der Waals surface area contributed by atoms with Crippen LogP contribution < -0.4 is 16.0 Å². The molecule has 0 saturated carbocycles. The van der Waals surface area contributed by atoms with E-state index in [-0.39, 0.29) is 11.3 Å². The van der Waals surface area contributed by atoms with Gasteiger partial charge in [-0.1, -0.05) is 12.1 Å². The standard InChI is InChI=1S/C11H9N3O5/c1-18-10(16)6-4-2-3-5-7(6)14-8(9(12)15)11(17)19-13-14/h2-5H,1H3,(H2-,12,13,15,17)/p+1. The lowest BCUT2D eigenvalue weighted by Crippen LogP contribution is -2.44. The van der Waals surface area contributed by atoms with Gasteiger partial charge in [-0.15, -0.1) is 0 Å². The largest absolute Gasteiger partial charge is 0.465 e. The normalized spacial score (nSPS) is 10.2. The molecule has 0 spiro atoms. The first-order chi connectivity index (χ1) is 9.06. The minimum atomic E-state index is -0.977. The Labute approximate surface area is 106 Å². The average molecular weight is 264 g/mol. The van der Waals surface area contributed by atoms with Crippen molar-refractivity contribution in [3.05, 3.63) is 45.9 Å². The highest BCUT2D eigenvalue weighted by Crippen LogP contribution is 2.09. The topological polar surface area (TPSA) is 119 Å². The number of amides is 1. The van der Waals surface area contributed by atoms with Gasteiger partial charge in [-0.3, -0.25) is 9.32 Å². The fourth-order valence-corrected chi connectivity index (χ4v) is 1.60. The quantitative estimate of drug-likeness (QED) is 0.551. The molecule has 0 aliphatic rings. The van der Waals surface area contributed by atoms with Crippen LogP contribution in [0.2, 0.25) is 0 Å². The van der Waals surface area contributed by atoms with Gasteiger partial charge in [0, 0.05) is 6.07 Å². The van der Waals surface area contributed by atoms with Crippen molar-refractivity contribution < 1.29 is 23.5 Å². The first kappa shape index (κ1) is 12.6. The molecular formula is C11H10N3O5+. The molecule has 1 amide bonds. The van der Waals surface area contributed by atoms with Crippen LogP contribution in [0, 0.1) is 0 Å². The number of primary amides is 1. The Morgan fingerprint density at radius 1 is 1.37 bits per heavy atom. The highest BCUT2D eigenvalue weighted by atomic mass is 16.5. The number of esters is 1. The van der Waals surface area contributed by atoms with Crippen LogP contribution in [0.25, 0.3) is 5.69 Å². The molecule has 1 aromatic heterocycles. The van der Waals surface area contributed by atoms with Crippen LogP contribution in [0.15, 0.2) is 33.6 Å². The van der Waals surface area contributed by atoms with Gasteiger partial charge in [0.2, 0.25) is 0 Å². The Morgan fingerprint density at radius 2 is 2.05 bits per heavy atom. The van der Waals surface area contributed by atoms with Gasteiger partial charge in [0.15, 0.2) is 0 Å². The zero-order valence-corrected chi connectivity index (χ0v) is 9.88. The minimum absolute atomic E-state index is 0.148. The second kappa shape index (κ2) is 4.77. The number of carbonyl (C=O) groups is 2. The van der Waals surface area contributed by atoms with E-state index in [1.165, 1.54) is 19.2 Å². The predicted octanol–water partition coefficient (Wildman–Crippen LogP) is -0.870. The van der Waals surface area contributed by atoms with Gasteiger partial charge in [-0.25, -0.2) is 9.59 Å². The number of ether oxygens (including phenoxy) is 1. The van der Waals surface area contributed by atoms with Gasteiger partial charge in [0.05, 0.1) is 7.11 Å². The van der Waals surface area contributed by atoms with Gasteiger partial charge < -0.3 is 10.5 Å². The van der Waals surface area contributed by atoms with E-state index < -0.39 is 23.2 Å². The summed E-state index contributed by atoms with van der Waals surface area (Å²) in [6.45, 7) is 0. The SMILES string of the molecule is COC(=O)c1ccccc1-[n+]1[nH]oc(=O)c1C(N)=O. The van der Waals surface area contributed by atoms with Crippen LogP contribution in [0.4, 0.5) is 0 Å². The number of para-hydroxylation sites is 1. The highest BCUT2D eigenvalue weighted by Gasteiger charge is 2.31. The van der Waals surface area contributed by atoms with Crippen molar-refractivity contribution in [2.24, 2.45) is 5.73 Å². The lowest BCUT2D eigenvalue weighted by molar-refractivity contribution is -0.672. The van der Waals surface area contributed by atoms with Crippen molar-refractivity contribution >= 4 is 11.9 Å². The summed E-state index contributed by atoms with van der Waals surface area (Å²) in [5, 5.41) is 2.21. The lowest BCUT2D eigenvalue weighted by Gasteiger charge is -2.00. The Balaban J connectivity index is 2.70. The van der Waals surface area contributed by atoms with Gasteiger partial charge in [0.1, 0.15) is 5.56 Å². The van der Waals surface area contributed by atoms with Crippen molar-refractivity contribution in [3.63, 3.8) is 0 Å². The van der Waals surface area contributed by atoms with Gasteiger partial charge in [-0.05, 0) is 16.0 Å². The van der Waals surface area contributed by atoms with Crippen molar-refractivity contribution in [3.8, 4) is 5.69 Å². The zero-order valence-electron chi connectivity index (χ0n) is 9.88. The first-order valence-corrected chi connectivity index (χ1v) is 5.17. The molecule has 0 saturated heterocycles. The lowest BCUT2D eigenvalue weighted by atomic mass is 10.2. The van der Waals surface area contributed by atoms with Crippen LogP contribution in [-0.4, -0.2) is 24.3 Å². The molecule has 98 valence electrons. The number of nitrogens with zero attached hydrogens (tertiary/aromatic N) is 1. The maximum atomic E-state index is 11.6. The Morgan fingerprint density at radius 3 is 2.68 bits per heavy atom. The molecule has 0 atom stereocenters. The maximum absolute atomic E-state index is 11.6. The maximum Gasteiger partial charge on any atom is 0.441 e. The molecule has 0 radical (unpaired) electrons. The number of hydrogen-bond acceptors (Lipinski definition) is 5. The van der Waals surface area contributed by atoms with E-state index >= 15 is 0 Å². The molecule has 19 heavy (non-hydrogen) atoms. The molecule has 8 nitrogen and oxygen atoms in total. The van der Waals surface area contributed by atoms with E-state index in [1.807, 2.05) is 0 Å². The Hall–Kier alpha value is -2.90. The van der Waals surface area contributed by atoms with E-state index in [2.05, 4.69) is 14.5 Å². The number of nitrogens with one attached hydrogen (secondary N) is 1. The summed E-state index contributed by atoms with van der Waals surface area (Å²) in [4.78, 5) is 34.2. The summed E-state index contributed by atoms with van der Waals surface area (Å²) < 4.78 is 10.1. The number of methoxy groups -OCH3 is 1. The van der Waals surface area contributed by atoms with Crippen molar-refractivity contribution in [2.45, 2.75) is 0 Å². The number of nitrogens with two attached hydrogens (primary N) is 1. The third kappa shape index (κ3) is 2.10. The molecule has 2 rings (SSSR count). The van der Waals surface area contributed by atoms with Crippen LogP contribution in [0.1, 0.15) is 20.8 Å². The summed E-state index contributed by atoms with van der Waals surface area (Å²) in [5.41, 5.74) is 4.12. The fraction of sp³-hybridized carbons (Fsp3) is 0.0909. The number of H-pyrrole nitrogens is 1. The summed E-state index contributed by atoms with van der Waals surface area (Å²) in [6, 6.07) is 6.21. The molecule has 1 aromatic carbocycles. The van der Waals surface area contributed by atoms with E-state index in [4.69, 9.17) is 5.73 Å². The number of hydrogen-bond donors (Lipinski definition) is 2.